The second kappa shape index (κ2) is 6.93. The molecule has 0 saturated heterocycles. The zero-order chi connectivity index (χ0) is 15.7. The predicted octanol–water partition coefficient (Wildman–Crippen LogP) is 2.02. The van der Waals surface area contributed by atoms with Crippen LogP contribution in [0.25, 0.3) is 0 Å². The van der Waals surface area contributed by atoms with E-state index in [0.717, 1.165) is 36.4 Å². The van der Waals surface area contributed by atoms with Gasteiger partial charge < -0.3 is 15.4 Å². The van der Waals surface area contributed by atoms with E-state index in [9.17, 15) is 13.6 Å². The number of anilines is 1. The number of nitrogens with one attached hydrogen (secondary N) is 3. The number of carbonyl (C=O) groups is 1. The van der Waals surface area contributed by atoms with Gasteiger partial charge in [-0.2, -0.15) is 5.10 Å². The van der Waals surface area contributed by atoms with Crippen LogP contribution in [0.5, 0.6) is 5.75 Å². The number of nitrogens with zero attached hydrogens (tertiary/aromatic N) is 1. The van der Waals surface area contributed by atoms with Gasteiger partial charge >= 0.3 is 0 Å². The highest BCUT2D eigenvalue weighted by molar-refractivity contribution is 6.04. The zero-order valence-corrected chi connectivity index (χ0v) is 13.0. The number of fused-ring (bicyclic) bond motifs is 1. The first-order valence-corrected chi connectivity index (χ1v) is 6.71. The molecule has 124 valence electrons. The molecule has 0 aliphatic carbocycles. The van der Waals surface area contributed by atoms with Crippen molar-refractivity contribution in [3.8, 4) is 5.75 Å². The van der Waals surface area contributed by atoms with E-state index in [-0.39, 0.29) is 29.5 Å². The molecule has 1 aromatic heterocycles. The molecule has 9 heteroatoms. The fourth-order valence-corrected chi connectivity index (χ4v) is 2.38. The quantitative estimate of drug-likeness (QED) is 0.796. The first-order chi connectivity index (χ1) is 10.6. The van der Waals surface area contributed by atoms with Gasteiger partial charge in [0.15, 0.2) is 23.1 Å². The van der Waals surface area contributed by atoms with Gasteiger partial charge in [0.25, 0.3) is 5.91 Å². The summed E-state index contributed by atoms with van der Waals surface area (Å²) in [7, 11) is 1.24. The van der Waals surface area contributed by atoms with Gasteiger partial charge in [0.2, 0.25) is 0 Å². The monoisotopic (exact) mass is 344 g/mol. The lowest BCUT2D eigenvalue weighted by molar-refractivity contribution is 0.102. The first kappa shape index (κ1) is 17.2. The summed E-state index contributed by atoms with van der Waals surface area (Å²) in [6.07, 6.45) is 0.737. The minimum atomic E-state index is -0.783. The molecule has 1 aliphatic heterocycles. The Hall–Kier alpha value is -2.19. The van der Waals surface area contributed by atoms with Crippen LogP contribution in [0, 0.1) is 11.6 Å². The van der Waals surface area contributed by atoms with E-state index < -0.39 is 17.5 Å². The van der Waals surface area contributed by atoms with Crippen LogP contribution in [0.3, 0.4) is 0 Å². The number of methoxy groups -OCH3 is 1. The number of hydrogen-bond acceptors (Lipinski definition) is 4. The number of H-pyrrole nitrogens is 1. The van der Waals surface area contributed by atoms with Crippen LogP contribution in [-0.4, -0.2) is 29.8 Å². The molecule has 6 nitrogen and oxygen atoms in total. The van der Waals surface area contributed by atoms with Crippen molar-refractivity contribution in [2.24, 2.45) is 0 Å². The number of amides is 1. The third kappa shape index (κ3) is 3.27. The number of ether oxygens (including phenoxy) is 1. The fraction of sp³-hybridized carbons (Fsp3) is 0.286. The molecule has 0 radical (unpaired) electrons. The van der Waals surface area contributed by atoms with E-state index in [0.29, 0.717) is 6.54 Å². The Balaban J connectivity index is 0.00000192. The number of aromatic amines is 1. The molecule has 0 spiro atoms. The van der Waals surface area contributed by atoms with Crippen LogP contribution in [0.1, 0.15) is 21.7 Å². The Morgan fingerprint density at radius 3 is 2.87 bits per heavy atom. The fourth-order valence-electron chi connectivity index (χ4n) is 2.38. The highest BCUT2D eigenvalue weighted by Gasteiger charge is 2.22. The van der Waals surface area contributed by atoms with Crippen molar-refractivity contribution < 1.29 is 18.3 Å². The van der Waals surface area contributed by atoms with Crippen LogP contribution in [0.4, 0.5) is 14.5 Å². The minimum Gasteiger partial charge on any atom is -0.494 e. The SMILES string of the molecule is COc1cc(F)c(NC(=O)c2n[nH]c3c2CNCC3)cc1F.Cl. The normalized spacial score (nSPS) is 13.0. The lowest BCUT2D eigenvalue weighted by Crippen LogP contribution is -2.25. The Morgan fingerprint density at radius 2 is 2.13 bits per heavy atom. The highest BCUT2D eigenvalue weighted by Crippen LogP contribution is 2.25. The molecule has 0 atom stereocenters. The van der Waals surface area contributed by atoms with Crippen molar-refractivity contribution >= 4 is 24.0 Å². The van der Waals surface area contributed by atoms with Crippen molar-refractivity contribution in [1.29, 1.82) is 0 Å². The Bertz CT molecular complexity index is 736. The summed E-state index contributed by atoms with van der Waals surface area (Å²) in [5.74, 6) is -2.36. The van der Waals surface area contributed by atoms with Crippen LogP contribution in [-0.2, 0) is 13.0 Å². The van der Waals surface area contributed by atoms with Gasteiger partial charge in [-0.05, 0) is 0 Å². The molecule has 0 saturated carbocycles. The van der Waals surface area contributed by atoms with Gasteiger partial charge in [-0.1, -0.05) is 0 Å². The highest BCUT2D eigenvalue weighted by atomic mass is 35.5. The summed E-state index contributed by atoms with van der Waals surface area (Å²) < 4.78 is 32.2. The van der Waals surface area contributed by atoms with Crippen LogP contribution in [0.2, 0.25) is 0 Å². The van der Waals surface area contributed by atoms with Gasteiger partial charge in [-0.15, -0.1) is 12.4 Å². The zero-order valence-electron chi connectivity index (χ0n) is 12.2. The van der Waals surface area contributed by atoms with Gasteiger partial charge in [-0.3, -0.25) is 9.89 Å². The molecule has 0 bridgehead atoms. The average molecular weight is 345 g/mol. The second-order valence-corrected chi connectivity index (χ2v) is 4.88. The van der Waals surface area contributed by atoms with Crippen LogP contribution < -0.4 is 15.4 Å². The molecular formula is C14H15ClF2N4O2. The maximum Gasteiger partial charge on any atom is 0.276 e. The number of rotatable bonds is 3. The number of aromatic nitrogens is 2. The maximum absolute atomic E-state index is 13.9. The maximum atomic E-state index is 13.9. The summed E-state index contributed by atoms with van der Waals surface area (Å²) in [5.41, 5.74) is 1.55. The molecule has 0 fully saturated rings. The molecule has 3 rings (SSSR count). The molecule has 1 aliphatic rings. The second-order valence-electron chi connectivity index (χ2n) is 4.88. The van der Waals surface area contributed by atoms with E-state index in [1.807, 2.05) is 0 Å². The van der Waals surface area contributed by atoms with Gasteiger partial charge in [0.05, 0.1) is 12.8 Å². The molecule has 2 aromatic rings. The number of hydrogen-bond donors (Lipinski definition) is 3. The first-order valence-electron chi connectivity index (χ1n) is 6.71. The number of carbonyl (C=O) groups excluding carboxylic acids is 1. The van der Waals surface area contributed by atoms with Gasteiger partial charge in [0, 0.05) is 42.9 Å². The number of benzene rings is 1. The summed E-state index contributed by atoms with van der Waals surface area (Å²) in [4.78, 5) is 12.2. The predicted molar refractivity (Wildman–Crippen MR) is 82.1 cm³/mol. The van der Waals surface area contributed by atoms with Crippen molar-refractivity contribution in [2.75, 3.05) is 19.0 Å². The third-order valence-corrected chi connectivity index (χ3v) is 3.51. The third-order valence-electron chi connectivity index (χ3n) is 3.51. The van der Waals surface area contributed by atoms with E-state index in [4.69, 9.17) is 0 Å². The topological polar surface area (TPSA) is 79.0 Å². The minimum absolute atomic E-state index is 0. The molecule has 2 heterocycles. The Kier molecular flexibility index (Phi) is 5.17. The van der Waals surface area contributed by atoms with E-state index in [1.54, 1.807) is 0 Å². The van der Waals surface area contributed by atoms with Crippen molar-refractivity contribution in [3.05, 3.63) is 40.7 Å². The lowest BCUT2D eigenvalue weighted by Gasteiger charge is -2.13. The number of halogens is 3. The lowest BCUT2D eigenvalue weighted by atomic mass is 10.1. The van der Waals surface area contributed by atoms with E-state index in [2.05, 4.69) is 25.6 Å². The Morgan fingerprint density at radius 1 is 1.35 bits per heavy atom. The van der Waals surface area contributed by atoms with E-state index >= 15 is 0 Å². The van der Waals surface area contributed by atoms with Crippen molar-refractivity contribution in [3.63, 3.8) is 0 Å². The molecular weight excluding hydrogens is 330 g/mol. The standard InChI is InChI=1S/C14H14F2N4O2.ClH/c1-22-12-5-8(15)11(4-9(12)16)18-14(21)13-7-6-17-3-2-10(7)19-20-13;/h4-5,17H,2-3,6H2,1H3,(H,18,21)(H,19,20);1H. The smallest absolute Gasteiger partial charge is 0.276 e. The van der Waals surface area contributed by atoms with Crippen molar-refractivity contribution in [2.45, 2.75) is 13.0 Å². The van der Waals surface area contributed by atoms with Crippen LogP contribution in [0.15, 0.2) is 12.1 Å². The molecule has 0 unspecified atom stereocenters. The van der Waals surface area contributed by atoms with Crippen LogP contribution >= 0.6 is 12.4 Å². The van der Waals surface area contributed by atoms with Gasteiger partial charge in [-0.25, -0.2) is 8.78 Å². The summed E-state index contributed by atoms with van der Waals surface area (Å²) in [6.45, 7) is 1.31. The molecule has 1 aromatic carbocycles. The summed E-state index contributed by atoms with van der Waals surface area (Å²) in [6, 6.07) is 1.76. The molecule has 3 N–H and O–H groups in total. The van der Waals surface area contributed by atoms with Gasteiger partial charge in [0.1, 0.15) is 0 Å². The van der Waals surface area contributed by atoms with Crippen molar-refractivity contribution in [1.82, 2.24) is 15.5 Å². The largest absolute Gasteiger partial charge is 0.494 e. The summed E-state index contributed by atoms with van der Waals surface area (Å²) >= 11 is 0. The summed E-state index contributed by atoms with van der Waals surface area (Å²) in [5, 5.41) is 12.2. The van der Waals surface area contributed by atoms with E-state index in [1.165, 1.54) is 7.11 Å². The average Bonchev–Trinajstić information content (AvgIpc) is 2.94. The molecule has 23 heavy (non-hydrogen) atoms. The molecule has 1 amide bonds. The Labute approximate surface area is 137 Å².